The van der Waals surface area contributed by atoms with Gasteiger partial charge < -0.3 is 10.2 Å². The molecule has 1 saturated heterocycles. The van der Waals surface area contributed by atoms with E-state index in [2.05, 4.69) is 22.2 Å². The minimum atomic E-state index is -0.398. The maximum Gasteiger partial charge on any atom is 0.330 e. The van der Waals surface area contributed by atoms with Gasteiger partial charge in [-0.15, -0.1) is 5.10 Å². The molecule has 20 heavy (non-hydrogen) atoms. The first kappa shape index (κ1) is 14.8. The van der Waals surface area contributed by atoms with Crippen molar-refractivity contribution in [3.8, 4) is 0 Å². The van der Waals surface area contributed by atoms with Crippen molar-refractivity contribution in [2.24, 2.45) is 13.0 Å². The average molecular weight is 281 g/mol. The summed E-state index contributed by atoms with van der Waals surface area (Å²) in [6.45, 7) is 6.25. The Labute approximate surface area is 119 Å². The smallest absolute Gasteiger partial charge is 0.330 e. The molecule has 0 amide bonds. The highest BCUT2D eigenvalue weighted by Gasteiger charge is 2.19. The fourth-order valence-corrected chi connectivity index (χ4v) is 2.65. The van der Waals surface area contributed by atoms with E-state index in [0.29, 0.717) is 18.3 Å². The summed E-state index contributed by atoms with van der Waals surface area (Å²) in [5.74, 6) is 0.803. The molecule has 7 nitrogen and oxygen atoms in total. The number of anilines is 1. The lowest BCUT2D eigenvalue weighted by atomic mass is 10.1. The van der Waals surface area contributed by atoms with Crippen LogP contribution in [-0.2, 0) is 7.05 Å². The Kier molecular flexibility index (Phi) is 4.94. The zero-order valence-corrected chi connectivity index (χ0v) is 12.2. The number of hydrogen-bond donors (Lipinski definition) is 1. The lowest BCUT2D eigenvalue weighted by molar-refractivity contribution is -0.384. The number of likely N-dealkylation sites (tertiary alicyclic amines) is 1. The molecule has 1 fully saturated rings. The third-order valence-corrected chi connectivity index (χ3v) is 3.64. The first-order valence-electron chi connectivity index (χ1n) is 7.20. The number of aromatic nitrogens is 2. The largest absolute Gasteiger partial charge is 0.363 e. The third kappa shape index (κ3) is 3.93. The average Bonchev–Trinajstić information content (AvgIpc) is 2.79. The van der Waals surface area contributed by atoms with Crippen molar-refractivity contribution in [3.63, 3.8) is 0 Å². The summed E-state index contributed by atoms with van der Waals surface area (Å²) in [6.07, 6.45) is 5.33. The van der Waals surface area contributed by atoms with Crippen LogP contribution < -0.4 is 5.32 Å². The van der Waals surface area contributed by atoms with Crippen LogP contribution in [0.25, 0.3) is 0 Å². The zero-order chi connectivity index (χ0) is 14.5. The van der Waals surface area contributed by atoms with Gasteiger partial charge in [-0.1, -0.05) is 13.3 Å². The second-order valence-corrected chi connectivity index (χ2v) is 5.64. The molecular formula is C13H23N5O2. The van der Waals surface area contributed by atoms with Crippen molar-refractivity contribution in [1.82, 2.24) is 14.7 Å². The van der Waals surface area contributed by atoms with E-state index < -0.39 is 4.92 Å². The molecule has 1 aromatic heterocycles. The van der Waals surface area contributed by atoms with Crippen molar-refractivity contribution >= 4 is 11.5 Å². The number of aryl methyl sites for hydroxylation is 1. The lowest BCUT2D eigenvalue weighted by Gasteiger charge is -2.29. The second-order valence-electron chi connectivity index (χ2n) is 5.64. The summed E-state index contributed by atoms with van der Waals surface area (Å²) >= 11 is 0. The van der Waals surface area contributed by atoms with Gasteiger partial charge in [0.1, 0.15) is 6.20 Å². The van der Waals surface area contributed by atoms with E-state index in [9.17, 15) is 10.1 Å². The van der Waals surface area contributed by atoms with Gasteiger partial charge >= 0.3 is 5.69 Å². The number of nitrogens with zero attached hydrogens (tertiary/aromatic N) is 4. The minimum Gasteiger partial charge on any atom is -0.363 e. The van der Waals surface area contributed by atoms with Crippen LogP contribution in [0.3, 0.4) is 0 Å². The number of piperidine rings is 1. The molecule has 1 aliphatic rings. The van der Waals surface area contributed by atoms with Crippen LogP contribution in [0.4, 0.5) is 11.5 Å². The van der Waals surface area contributed by atoms with Gasteiger partial charge in [-0.25, -0.2) is 0 Å². The predicted molar refractivity (Wildman–Crippen MR) is 77.8 cm³/mol. The van der Waals surface area contributed by atoms with Gasteiger partial charge in [0, 0.05) is 20.1 Å². The third-order valence-electron chi connectivity index (χ3n) is 3.64. The second kappa shape index (κ2) is 6.69. The van der Waals surface area contributed by atoms with Crippen molar-refractivity contribution in [2.45, 2.75) is 26.2 Å². The molecule has 0 aromatic carbocycles. The molecular weight excluding hydrogens is 258 g/mol. The van der Waals surface area contributed by atoms with Gasteiger partial charge in [-0.05, 0) is 31.8 Å². The van der Waals surface area contributed by atoms with Crippen LogP contribution in [0.1, 0.15) is 26.2 Å². The molecule has 0 saturated carbocycles. The highest BCUT2D eigenvalue weighted by Crippen LogP contribution is 2.21. The van der Waals surface area contributed by atoms with Crippen molar-refractivity contribution in [3.05, 3.63) is 16.3 Å². The summed E-state index contributed by atoms with van der Waals surface area (Å²) in [4.78, 5) is 13.0. The predicted octanol–water partition coefficient (Wildman–Crippen LogP) is 1.86. The Bertz CT molecular complexity index is 454. The molecule has 0 aliphatic carbocycles. The minimum absolute atomic E-state index is 0.0395. The van der Waals surface area contributed by atoms with Crippen LogP contribution in [0.15, 0.2) is 6.20 Å². The fraction of sp³-hybridized carbons (Fsp3) is 0.769. The van der Waals surface area contributed by atoms with E-state index >= 15 is 0 Å². The maximum atomic E-state index is 10.9. The quantitative estimate of drug-likeness (QED) is 0.636. The Morgan fingerprint density at radius 1 is 1.45 bits per heavy atom. The molecule has 1 unspecified atom stereocenters. The first-order valence-corrected chi connectivity index (χ1v) is 7.20. The van der Waals surface area contributed by atoms with Gasteiger partial charge in [0.2, 0.25) is 5.82 Å². The van der Waals surface area contributed by atoms with Crippen LogP contribution in [0.2, 0.25) is 0 Å². The molecule has 0 bridgehead atoms. The molecule has 2 heterocycles. The lowest BCUT2D eigenvalue weighted by Crippen LogP contribution is -2.35. The van der Waals surface area contributed by atoms with E-state index in [0.717, 1.165) is 6.54 Å². The summed E-state index contributed by atoms with van der Waals surface area (Å²) in [5.41, 5.74) is 0.0395. The van der Waals surface area contributed by atoms with Crippen LogP contribution in [0.5, 0.6) is 0 Å². The Morgan fingerprint density at radius 2 is 2.15 bits per heavy atom. The van der Waals surface area contributed by atoms with Crippen molar-refractivity contribution in [1.29, 1.82) is 0 Å². The number of nitro groups is 1. The zero-order valence-electron chi connectivity index (χ0n) is 12.2. The summed E-state index contributed by atoms with van der Waals surface area (Å²) in [6, 6.07) is 0. The van der Waals surface area contributed by atoms with Crippen LogP contribution >= 0.6 is 0 Å². The first-order chi connectivity index (χ1) is 9.56. The Morgan fingerprint density at radius 3 is 2.80 bits per heavy atom. The monoisotopic (exact) mass is 281 g/mol. The summed E-state index contributed by atoms with van der Waals surface area (Å²) in [5, 5.41) is 18.1. The molecule has 0 radical (unpaired) electrons. The molecule has 1 atom stereocenters. The Balaban J connectivity index is 1.83. The summed E-state index contributed by atoms with van der Waals surface area (Å²) < 4.78 is 1.47. The standard InChI is InChI=1S/C13H23N5O2/c1-11(9-17-6-4-3-5-7-17)8-14-13-12(18(19)20)10-16(2)15-13/h10-11H,3-9H2,1-2H3,(H,14,15). The molecule has 2 rings (SSSR count). The number of nitrogens with one attached hydrogen (secondary N) is 1. The number of rotatable bonds is 6. The molecule has 1 N–H and O–H groups in total. The number of hydrogen-bond acceptors (Lipinski definition) is 5. The van der Waals surface area contributed by atoms with Crippen molar-refractivity contribution in [2.75, 3.05) is 31.5 Å². The normalized spacial score (nSPS) is 17.9. The van der Waals surface area contributed by atoms with Crippen LogP contribution in [-0.4, -0.2) is 45.8 Å². The summed E-state index contributed by atoms with van der Waals surface area (Å²) in [7, 11) is 1.69. The van der Waals surface area contributed by atoms with E-state index in [1.165, 1.54) is 43.2 Å². The van der Waals surface area contributed by atoms with E-state index in [1.807, 2.05) is 0 Å². The van der Waals surface area contributed by atoms with Gasteiger partial charge in [-0.2, -0.15) is 0 Å². The molecule has 7 heteroatoms. The van der Waals surface area contributed by atoms with Gasteiger partial charge in [0.25, 0.3) is 0 Å². The van der Waals surface area contributed by atoms with E-state index in [4.69, 9.17) is 0 Å². The van der Waals surface area contributed by atoms with E-state index in [1.54, 1.807) is 7.05 Å². The van der Waals surface area contributed by atoms with Gasteiger partial charge in [0.15, 0.2) is 0 Å². The topological polar surface area (TPSA) is 76.2 Å². The van der Waals surface area contributed by atoms with Gasteiger partial charge in [0.05, 0.1) is 4.92 Å². The molecule has 112 valence electrons. The Hall–Kier alpha value is -1.63. The molecule has 0 spiro atoms. The SMILES string of the molecule is CC(CNc1nn(C)cc1[N+](=O)[O-])CN1CCCCC1. The fourth-order valence-electron chi connectivity index (χ4n) is 2.65. The maximum absolute atomic E-state index is 10.9. The molecule has 1 aliphatic heterocycles. The highest BCUT2D eigenvalue weighted by atomic mass is 16.6. The van der Waals surface area contributed by atoms with Gasteiger partial charge in [-0.3, -0.25) is 14.8 Å². The van der Waals surface area contributed by atoms with Crippen molar-refractivity contribution < 1.29 is 4.92 Å². The van der Waals surface area contributed by atoms with Crippen LogP contribution in [0, 0.1) is 16.0 Å². The van der Waals surface area contributed by atoms with E-state index in [-0.39, 0.29) is 5.69 Å². The highest BCUT2D eigenvalue weighted by molar-refractivity contribution is 5.54. The molecule has 1 aromatic rings.